The van der Waals surface area contributed by atoms with Gasteiger partial charge in [0.2, 0.25) is 0 Å². The van der Waals surface area contributed by atoms with Crippen LogP contribution in [-0.2, 0) is 23.4 Å². The van der Waals surface area contributed by atoms with Crippen LogP contribution in [0, 0.1) is 0 Å². The summed E-state index contributed by atoms with van der Waals surface area (Å²) >= 11 is 0. The fraction of sp³-hybridized carbons (Fsp3) is 0.294. The molecule has 0 spiro atoms. The fourth-order valence-corrected chi connectivity index (χ4v) is 2.99. The van der Waals surface area contributed by atoms with E-state index in [9.17, 15) is 31.9 Å². The van der Waals surface area contributed by atoms with Crippen LogP contribution in [0.15, 0.2) is 36.5 Å². The van der Waals surface area contributed by atoms with Gasteiger partial charge < -0.3 is 10.0 Å². The van der Waals surface area contributed by atoms with Gasteiger partial charge in [-0.25, -0.2) is 0 Å². The predicted octanol–water partition coefficient (Wildman–Crippen LogP) is 3.79. The lowest BCUT2D eigenvalue weighted by atomic mass is 9.98. The first-order valence-corrected chi connectivity index (χ1v) is 7.57. The molecule has 0 bridgehead atoms. The lowest BCUT2D eigenvalue weighted by Gasteiger charge is -2.19. The van der Waals surface area contributed by atoms with E-state index < -0.39 is 47.5 Å². The molecule has 9 heteroatoms. The zero-order chi connectivity index (χ0) is 19.3. The van der Waals surface area contributed by atoms with E-state index in [1.807, 2.05) is 0 Å². The molecule has 2 heterocycles. The van der Waals surface area contributed by atoms with Crippen LogP contribution in [0.4, 0.5) is 27.6 Å². The molecule has 4 nitrogen and oxygen atoms in total. The second-order valence-corrected chi connectivity index (χ2v) is 5.88. The van der Waals surface area contributed by atoms with Gasteiger partial charge in [-0.15, -0.1) is 0 Å². The Labute approximate surface area is 144 Å². The number of alkyl halides is 5. The van der Waals surface area contributed by atoms with Crippen molar-refractivity contribution in [1.82, 2.24) is 4.98 Å². The second-order valence-electron chi connectivity index (χ2n) is 5.88. The van der Waals surface area contributed by atoms with Crippen molar-refractivity contribution in [3.63, 3.8) is 0 Å². The first-order valence-electron chi connectivity index (χ1n) is 7.57. The topological polar surface area (TPSA) is 53.4 Å². The summed E-state index contributed by atoms with van der Waals surface area (Å²) in [5.41, 5.74) is -2.72. The number of amides is 1. The highest BCUT2D eigenvalue weighted by atomic mass is 19.4. The lowest BCUT2D eigenvalue weighted by Crippen LogP contribution is -2.35. The molecule has 2 aromatic rings. The molecule has 0 radical (unpaired) electrons. The van der Waals surface area contributed by atoms with E-state index in [1.54, 1.807) is 0 Å². The third-order valence-electron chi connectivity index (χ3n) is 4.15. The van der Waals surface area contributed by atoms with Crippen molar-refractivity contribution in [2.24, 2.45) is 0 Å². The van der Waals surface area contributed by atoms with Crippen molar-refractivity contribution in [3.8, 4) is 0 Å². The summed E-state index contributed by atoms with van der Waals surface area (Å²) in [4.78, 5) is 16.4. The molecule has 1 aromatic carbocycles. The maximum absolute atomic E-state index is 14.5. The van der Waals surface area contributed by atoms with E-state index in [-0.39, 0.29) is 11.3 Å². The number of aliphatic hydroxyl groups is 1. The quantitative estimate of drug-likeness (QED) is 0.834. The number of nitrogens with zero attached hydrogens (tertiary/aromatic N) is 2. The minimum absolute atomic E-state index is 0.152. The molecule has 0 saturated heterocycles. The van der Waals surface area contributed by atoms with Crippen LogP contribution in [0.1, 0.15) is 35.4 Å². The predicted molar refractivity (Wildman–Crippen MR) is 81.4 cm³/mol. The lowest BCUT2D eigenvalue weighted by molar-refractivity contribution is -0.142. The molecule has 1 aromatic heterocycles. The van der Waals surface area contributed by atoms with Crippen LogP contribution in [0.5, 0.6) is 0 Å². The summed E-state index contributed by atoms with van der Waals surface area (Å²) in [6.07, 6.45) is -4.92. The second kappa shape index (κ2) is 6.01. The standard InChI is InChI=1S/C17H13F5N2O2/c1-9(25)10-4-2-6-13-14(10)16(18,19)15(26)24(13)8-12-11(17(20,21)22)5-3-7-23-12/h2-7,9,25H,8H2,1H3/t9-/m0/s1. The highest BCUT2D eigenvalue weighted by molar-refractivity contribution is 6.06. The number of benzene rings is 1. The summed E-state index contributed by atoms with van der Waals surface area (Å²) in [5, 5.41) is 9.71. The van der Waals surface area contributed by atoms with Crippen molar-refractivity contribution < 1.29 is 31.9 Å². The monoisotopic (exact) mass is 372 g/mol. The molecule has 26 heavy (non-hydrogen) atoms. The Kier molecular flexibility index (Phi) is 4.22. The SMILES string of the molecule is C[C@H](O)c1cccc2c1C(F)(F)C(=O)N2Cc1ncccc1C(F)(F)F. The number of aromatic nitrogens is 1. The Bertz CT molecular complexity index is 864. The van der Waals surface area contributed by atoms with Gasteiger partial charge in [-0.1, -0.05) is 12.1 Å². The molecule has 3 rings (SSSR count). The van der Waals surface area contributed by atoms with Gasteiger partial charge >= 0.3 is 18.0 Å². The summed E-state index contributed by atoms with van der Waals surface area (Å²) in [5.74, 6) is -5.60. The van der Waals surface area contributed by atoms with Crippen molar-refractivity contribution in [1.29, 1.82) is 0 Å². The van der Waals surface area contributed by atoms with E-state index >= 15 is 0 Å². The van der Waals surface area contributed by atoms with Gasteiger partial charge in [-0.05, 0) is 30.7 Å². The molecule has 1 atom stereocenters. The smallest absolute Gasteiger partial charge is 0.389 e. The molecule has 0 aliphatic carbocycles. The largest absolute Gasteiger partial charge is 0.418 e. The molecule has 0 unspecified atom stereocenters. The van der Waals surface area contributed by atoms with Gasteiger partial charge in [0, 0.05) is 6.20 Å². The number of fused-ring (bicyclic) bond motifs is 1. The van der Waals surface area contributed by atoms with Crippen molar-refractivity contribution in [3.05, 3.63) is 58.9 Å². The van der Waals surface area contributed by atoms with Crippen LogP contribution in [0.3, 0.4) is 0 Å². The van der Waals surface area contributed by atoms with Gasteiger partial charge in [-0.2, -0.15) is 22.0 Å². The zero-order valence-electron chi connectivity index (χ0n) is 13.4. The van der Waals surface area contributed by atoms with Crippen molar-refractivity contribution >= 4 is 11.6 Å². The number of rotatable bonds is 3. The Hall–Kier alpha value is -2.55. The summed E-state index contributed by atoms with van der Waals surface area (Å²) in [6.45, 7) is 0.500. The number of pyridine rings is 1. The molecule has 1 N–H and O–H groups in total. The fourth-order valence-electron chi connectivity index (χ4n) is 2.99. The van der Waals surface area contributed by atoms with Crippen molar-refractivity contribution in [2.45, 2.75) is 31.7 Å². The number of hydrogen-bond donors (Lipinski definition) is 1. The first-order chi connectivity index (χ1) is 12.0. The van der Waals surface area contributed by atoms with Gasteiger partial charge in [-0.3, -0.25) is 9.78 Å². The van der Waals surface area contributed by atoms with E-state index in [1.165, 1.54) is 25.1 Å². The normalized spacial score (nSPS) is 17.3. The zero-order valence-corrected chi connectivity index (χ0v) is 13.4. The average molecular weight is 372 g/mol. The highest BCUT2D eigenvalue weighted by Gasteiger charge is 2.54. The third kappa shape index (κ3) is 2.82. The number of carbonyl (C=O) groups excluding carboxylic acids is 1. The molecule has 0 fully saturated rings. The van der Waals surface area contributed by atoms with Crippen LogP contribution in [0.25, 0.3) is 0 Å². The Morgan fingerprint density at radius 3 is 2.54 bits per heavy atom. The minimum atomic E-state index is -4.74. The van der Waals surface area contributed by atoms with E-state index in [4.69, 9.17) is 0 Å². The van der Waals surface area contributed by atoms with Gasteiger partial charge in [0.05, 0.1) is 35.2 Å². The number of hydrogen-bond acceptors (Lipinski definition) is 3. The van der Waals surface area contributed by atoms with Crippen LogP contribution in [0.2, 0.25) is 0 Å². The number of aliphatic hydroxyl groups excluding tert-OH is 1. The molecule has 138 valence electrons. The van der Waals surface area contributed by atoms with E-state index in [0.29, 0.717) is 4.90 Å². The first kappa shape index (κ1) is 18.2. The molecule has 1 aliphatic rings. The van der Waals surface area contributed by atoms with Crippen LogP contribution < -0.4 is 4.90 Å². The number of halogens is 5. The highest BCUT2D eigenvalue weighted by Crippen LogP contribution is 2.48. The Morgan fingerprint density at radius 1 is 1.23 bits per heavy atom. The Morgan fingerprint density at radius 2 is 1.92 bits per heavy atom. The molecule has 1 amide bonds. The van der Waals surface area contributed by atoms with Crippen LogP contribution >= 0.6 is 0 Å². The summed E-state index contributed by atoms with van der Waals surface area (Å²) < 4.78 is 68.3. The molecular formula is C17H13F5N2O2. The van der Waals surface area contributed by atoms with Gasteiger partial charge in [0.15, 0.2) is 0 Å². The number of carbonyl (C=O) groups is 1. The maximum atomic E-state index is 14.5. The number of anilines is 1. The summed E-state index contributed by atoms with van der Waals surface area (Å²) in [6, 6.07) is 5.65. The van der Waals surface area contributed by atoms with Crippen LogP contribution in [-0.4, -0.2) is 16.0 Å². The summed E-state index contributed by atoms with van der Waals surface area (Å²) in [7, 11) is 0. The van der Waals surface area contributed by atoms with Gasteiger partial charge in [0.1, 0.15) is 0 Å². The van der Waals surface area contributed by atoms with Crippen molar-refractivity contribution in [2.75, 3.05) is 4.90 Å². The molecular weight excluding hydrogens is 359 g/mol. The molecule has 0 saturated carbocycles. The maximum Gasteiger partial charge on any atom is 0.418 e. The van der Waals surface area contributed by atoms with Gasteiger partial charge in [0.25, 0.3) is 0 Å². The minimum Gasteiger partial charge on any atom is -0.389 e. The Balaban J connectivity index is 2.11. The van der Waals surface area contributed by atoms with E-state index in [2.05, 4.69) is 4.98 Å². The average Bonchev–Trinajstić information content (AvgIpc) is 2.75. The third-order valence-corrected chi connectivity index (χ3v) is 4.15. The molecule has 1 aliphatic heterocycles. The van der Waals surface area contributed by atoms with E-state index in [0.717, 1.165) is 18.3 Å².